The minimum Gasteiger partial charge on any atom is -0.462 e. The van der Waals surface area contributed by atoms with E-state index in [4.69, 9.17) is 23.7 Å². The molecule has 252 valence electrons. The third kappa shape index (κ3) is 9.86. The lowest BCUT2D eigenvalue weighted by molar-refractivity contribution is -0.140. The first-order valence-corrected chi connectivity index (χ1v) is 16.0. The molecule has 0 bridgehead atoms. The van der Waals surface area contributed by atoms with E-state index >= 15 is 0 Å². The fourth-order valence-corrected chi connectivity index (χ4v) is 5.78. The zero-order chi connectivity index (χ0) is 34.6. The quantitative estimate of drug-likeness (QED) is 0.0925. The molecule has 0 radical (unpaired) electrons. The van der Waals surface area contributed by atoms with E-state index < -0.39 is 17.9 Å². The Morgan fingerprint density at radius 3 is 1.77 bits per heavy atom. The summed E-state index contributed by atoms with van der Waals surface area (Å²) in [4.78, 5) is 36.5. The maximum atomic E-state index is 12.3. The molecule has 0 atom stereocenters. The second-order valence-corrected chi connectivity index (χ2v) is 12.1. The Balaban J connectivity index is 1.47. The number of carbonyl (C=O) groups excluding carboxylic acids is 3. The number of carbonyl (C=O) groups is 3. The summed E-state index contributed by atoms with van der Waals surface area (Å²) in [6, 6.07) is 21.5. The first-order valence-electron chi connectivity index (χ1n) is 16.0. The van der Waals surface area contributed by atoms with Crippen LogP contribution in [0, 0.1) is 5.92 Å². The van der Waals surface area contributed by atoms with Crippen LogP contribution in [0.2, 0.25) is 0 Å². The highest BCUT2D eigenvalue weighted by Crippen LogP contribution is 2.42. The Hall–Kier alpha value is -4.79. The van der Waals surface area contributed by atoms with Gasteiger partial charge in [0.05, 0.1) is 31.0 Å². The molecule has 4 rings (SSSR count). The van der Waals surface area contributed by atoms with E-state index in [0.717, 1.165) is 59.9 Å². The Bertz CT molecular complexity index is 1630. The molecule has 0 unspecified atom stereocenters. The summed E-state index contributed by atoms with van der Waals surface area (Å²) in [5.74, 6) is 0.267. The zero-order valence-electron chi connectivity index (χ0n) is 28.0. The molecule has 0 spiro atoms. The second-order valence-electron chi connectivity index (χ2n) is 12.1. The number of benzene rings is 3. The number of esters is 3. The van der Waals surface area contributed by atoms with Crippen LogP contribution < -0.4 is 9.47 Å². The van der Waals surface area contributed by atoms with Gasteiger partial charge in [-0.15, -0.1) is 0 Å². The minimum atomic E-state index is -0.524. The summed E-state index contributed by atoms with van der Waals surface area (Å²) in [5.41, 5.74) is 6.17. The van der Waals surface area contributed by atoms with Gasteiger partial charge in [-0.2, -0.15) is 0 Å². The molecule has 0 heterocycles. The SMILES string of the molecule is C=C(C)C(=O)Oc1ccc(-c2ccc(-c3ccc(OC(=O)C(=C)COC)cc3)cc2)c(C2CCC(CCOC(=O)C(=C)COC)CC2)c1. The zero-order valence-corrected chi connectivity index (χ0v) is 28.0. The van der Waals surface area contributed by atoms with Gasteiger partial charge in [0, 0.05) is 19.8 Å². The highest BCUT2D eigenvalue weighted by molar-refractivity contribution is 5.90. The van der Waals surface area contributed by atoms with Crippen molar-refractivity contribution in [2.24, 2.45) is 5.92 Å². The first kappa shape index (κ1) is 36.1. The molecular weight excluding hydrogens is 608 g/mol. The largest absolute Gasteiger partial charge is 0.462 e. The fraction of sp³-hybridized carbons (Fsp3) is 0.325. The predicted octanol–water partition coefficient (Wildman–Crippen LogP) is 8.02. The highest BCUT2D eigenvalue weighted by Gasteiger charge is 2.26. The molecule has 3 aromatic rings. The van der Waals surface area contributed by atoms with E-state index in [-0.39, 0.29) is 24.7 Å². The Morgan fingerprint density at radius 1 is 0.667 bits per heavy atom. The van der Waals surface area contributed by atoms with Gasteiger partial charge in [0.1, 0.15) is 11.5 Å². The van der Waals surface area contributed by atoms with Gasteiger partial charge in [0.25, 0.3) is 0 Å². The van der Waals surface area contributed by atoms with Gasteiger partial charge in [-0.3, -0.25) is 0 Å². The Kier molecular flexibility index (Phi) is 13.1. The monoisotopic (exact) mass is 652 g/mol. The van der Waals surface area contributed by atoms with Crippen LogP contribution in [-0.4, -0.2) is 51.9 Å². The summed E-state index contributed by atoms with van der Waals surface area (Å²) in [6.45, 7) is 13.4. The molecule has 8 nitrogen and oxygen atoms in total. The average molecular weight is 653 g/mol. The van der Waals surface area contributed by atoms with E-state index in [1.54, 1.807) is 19.1 Å². The van der Waals surface area contributed by atoms with Gasteiger partial charge >= 0.3 is 17.9 Å². The molecule has 1 aliphatic carbocycles. The summed E-state index contributed by atoms with van der Waals surface area (Å²) in [5, 5.41) is 0. The number of methoxy groups -OCH3 is 2. The van der Waals surface area contributed by atoms with Crippen molar-refractivity contribution in [3.63, 3.8) is 0 Å². The summed E-state index contributed by atoms with van der Waals surface area (Å²) < 4.78 is 26.3. The Morgan fingerprint density at radius 2 is 1.19 bits per heavy atom. The van der Waals surface area contributed by atoms with Gasteiger partial charge in [-0.25, -0.2) is 14.4 Å². The molecule has 1 aliphatic rings. The minimum absolute atomic E-state index is 0.111. The first-order chi connectivity index (χ1) is 23.1. The van der Waals surface area contributed by atoms with Crippen LogP contribution in [0.1, 0.15) is 50.5 Å². The number of rotatable bonds is 15. The van der Waals surface area contributed by atoms with E-state index in [0.29, 0.717) is 35.2 Å². The van der Waals surface area contributed by atoms with Crippen LogP contribution in [0.15, 0.2) is 103 Å². The normalized spacial score (nSPS) is 15.6. The standard InChI is InChI=1S/C40H44O8/c1-26(2)38(41)48-35-19-20-36(37(23-35)33-9-7-29(8-10-33)21-22-46-39(42)27(3)24-44-5)32-13-11-30(12-14-32)31-15-17-34(18-16-31)47-40(43)28(4)25-45-6/h11-20,23,29,33H,1,3-4,7-10,21-22,24-25H2,2,5-6H3. The van der Waals surface area contributed by atoms with Crippen molar-refractivity contribution < 1.29 is 38.1 Å². The fourth-order valence-electron chi connectivity index (χ4n) is 5.78. The van der Waals surface area contributed by atoms with Crippen LogP contribution in [0.5, 0.6) is 11.5 Å². The number of ether oxygens (including phenoxy) is 5. The number of hydrogen-bond donors (Lipinski definition) is 0. The van der Waals surface area contributed by atoms with Crippen molar-refractivity contribution in [1.29, 1.82) is 0 Å². The topological polar surface area (TPSA) is 97.4 Å². The molecule has 0 amide bonds. The van der Waals surface area contributed by atoms with Crippen LogP contribution in [-0.2, 0) is 28.6 Å². The van der Waals surface area contributed by atoms with E-state index in [9.17, 15) is 14.4 Å². The molecule has 0 N–H and O–H groups in total. The van der Waals surface area contributed by atoms with E-state index in [1.165, 1.54) is 14.2 Å². The molecule has 0 saturated heterocycles. The lowest BCUT2D eigenvalue weighted by Gasteiger charge is -2.30. The van der Waals surface area contributed by atoms with Crippen LogP contribution >= 0.6 is 0 Å². The third-order valence-corrected chi connectivity index (χ3v) is 8.44. The van der Waals surface area contributed by atoms with Gasteiger partial charge in [0.15, 0.2) is 0 Å². The molecule has 1 saturated carbocycles. The van der Waals surface area contributed by atoms with Crippen molar-refractivity contribution in [1.82, 2.24) is 0 Å². The van der Waals surface area contributed by atoms with Crippen LogP contribution in [0.3, 0.4) is 0 Å². The van der Waals surface area contributed by atoms with Crippen molar-refractivity contribution in [3.8, 4) is 33.8 Å². The lowest BCUT2D eigenvalue weighted by Crippen LogP contribution is -2.18. The summed E-state index contributed by atoms with van der Waals surface area (Å²) >= 11 is 0. The van der Waals surface area contributed by atoms with Crippen molar-refractivity contribution in [3.05, 3.63) is 109 Å². The summed E-state index contributed by atoms with van der Waals surface area (Å²) in [6.07, 6.45) is 4.74. The smallest absolute Gasteiger partial charge is 0.341 e. The molecule has 1 fully saturated rings. The van der Waals surface area contributed by atoms with Gasteiger partial charge in [-0.1, -0.05) is 62.2 Å². The Labute approximate surface area is 283 Å². The molecule has 48 heavy (non-hydrogen) atoms. The second kappa shape index (κ2) is 17.4. The van der Waals surface area contributed by atoms with Crippen LogP contribution in [0.25, 0.3) is 22.3 Å². The van der Waals surface area contributed by atoms with Crippen molar-refractivity contribution in [2.45, 2.75) is 44.9 Å². The molecule has 0 aromatic heterocycles. The maximum absolute atomic E-state index is 12.3. The lowest BCUT2D eigenvalue weighted by atomic mass is 9.76. The van der Waals surface area contributed by atoms with Gasteiger partial charge in [-0.05, 0) is 103 Å². The van der Waals surface area contributed by atoms with Gasteiger partial charge < -0.3 is 23.7 Å². The average Bonchev–Trinajstić information content (AvgIpc) is 3.09. The molecule has 8 heteroatoms. The highest BCUT2D eigenvalue weighted by atomic mass is 16.5. The van der Waals surface area contributed by atoms with Crippen molar-refractivity contribution in [2.75, 3.05) is 34.0 Å². The molecule has 3 aromatic carbocycles. The molecule has 0 aliphatic heterocycles. The van der Waals surface area contributed by atoms with Crippen molar-refractivity contribution >= 4 is 17.9 Å². The van der Waals surface area contributed by atoms with E-state index in [2.05, 4.69) is 44.0 Å². The third-order valence-electron chi connectivity index (χ3n) is 8.44. The maximum Gasteiger partial charge on any atom is 0.341 e. The summed E-state index contributed by atoms with van der Waals surface area (Å²) in [7, 11) is 3.01. The van der Waals surface area contributed by atoms with E-state index in [1.807, 2.05) is 30.3 Å². The predicted molar refractivity (Wildman–Crippen MR) is 186 cm³/mol. The van der Waals surface area contributed by atoms with Crippen LogP contribution in [0.4, 0.5) is 0 Å². The number of hydrogen-bond acceptors (Lipinski definition) is 8. The van der Waals surface area contributed by atoms with Gasteiger partial charge in [0.2, 0.25) is 0 Å². The molecular formula is C40H44O8.